The molecule has 0 aliphatic heterocycles. The molecular formula is C20H25N7O3S. The molecule has 4 rings (SSSR count). The van der Waals surface area contributed by atoms with Crippen LogP contribution in [0.2, 0.25) is 0 Å². The van der Waals surface area contributed by atoms with Gasteiger partial charge in [0.25, 0.3) is 10.1 Å². The van der Waals surface area contributed by atoms with Gasteiger partial charge in [-0.2, -0.15) is 23.7 Å². The second-order valence-corrected chi connectivity index (χ2v) is 8.98. The minimum Gasteiger partial charge on any atom is -0.270 e. The summed E-state index contributed by atoms with van der Waals surface area (Å²) >= 11 is 0. The molecule has 0 bridgehead atoms. The van der Waals surface area contributed by atoms with E-state index >= 15 is 0 Å². The van der Waals surface area contributed by atoms with Gasteiger partial charge in [-0.3, -0.25) is 13.5 Å². The monoisotopic (exact) mass is 443 g/mol. The lowest BCUT2D eigenvalue weighted by atomic mass is 10.1. The Bertz CT molecular complexity index is 1290. The molecule has 11 heteroatoms. The Kier molecular flexibility index (Phi) is 5.88. The summed E-state index contributed by atoms with van der Waals surface area (Å²) < 4.78 is 32.4. The molecule has 4 aromatic rings. The van der Waals surface area contributed by atoms with E-state index in [-0.39, 0.29) is 6.61 Å². The molecule has 4 heterocycles. The zero-order valence-electron chi connectivity index (χ0n) is 17.7. The quantitative estimate of drug-likeness (QED) is 0.366. The average molecular weight is 444 g/mol. The van der Waals surface area contributed by atoms with Crippen molar-refractivity contribution in [3.8, 4) is 22.5 Å². The predicted octanol–water partition coefficient (Wildman–Crippen LogP) is 2.79. The van der Waals surface area contributed by atoms with Crippen molar-refractivity contribution < 1.29 is 12.6 Å². The molecule has 10 nitrogen and oxygen atoms in total. The third-order valence-electron chi connectivity index (χ3n) is 5.13. The first kappa shape index (κ1) is 21.2. The maximum Gasteiger partial charge on any atom is 0.264 e. The minimum absolute atomic E-state index is 0.0199. The van der Waals surface area contributed by atoms with Gasteiger partial charge in [0, 0.05) is 23.5 Å². The Balaban J connectivity index is 1.65. The van der Waals surface area contributed by atoms with Crippen molar-refractivity contribution in [2.75, 3.05) is 12.9 Å². The van der Waals surface area contributed by atoms with Crippen molar-refractivity contribution >= 4 is 15.6 Å². The third-order valence-corrected chi connectivity index (χ3v) is 5.72. The summed E-state index contributed by atoms with van der Waals surface area (Å²) in [6.45, 7) is 4.64. The summed E-state index contributed by atoms with van der Waals surface area (Å²) in [5.74, 6) is 0. The first-order valence-corrected chi connectivity index (χ1v) is 12.0. The topological polar surface area (TPSA) is 109 Å². The highest BCUT2D eigenvalue weighted by atomic mass is 32.2. The molecule has 0 fully saturated rings. The Morgan fingerprint density at radius 1 is 1.03 bits per heavy atom. The standard InChI is InChI=1S/C20H25N7O3S/c1-4-17(5-2)26-13-16(11-23-26)20-19-6-7-21-27(19)14-18(24-20)15-10-22-25(12-15)8-9-30-31(3,28)29/h6-7,10-14,17H,4-5,8-9H2,1-3H3. The lowest BCUT2D eigenvalue weighted by molar-refractivity contribution is 0.297. The number of fused-ring (bicyclic) bond motifs is 1. The number of hydrogen-bond donors (Lipinski definition) is 0. The van der Waals surface area contributed by atoms with E-state index in [1.54, 1.807) is 27.8 Å². The first-order valence-electron chi connectivity index (χ1n) is 10.1. The van der Waals surface area contributed by atoms with Crippen molar-refractivity contribution in [1.82, 2.24) is 34.2 Å². The van der Waals surface area contributed by atoms with Crippen molar-refractivity contribution in [2.45, 2.75) is 39.3 Å². The Morgan fingerprint density at radius 3 is 2.55 bits per heavy atom. The summed E-state index contributed by atoms with van der Waals surface area (Å²) in [5.41, 5.74) is 4.11. The van der Waals surface area contributed by atoms with E-state index < -0.39 is 10.1 Å². The molecule has 31 heavy (non-hydrogen) atoms. The zero-order chi connectivity index (χ0) is 22.0. The van der Waals surface area contributed by atoms with E-state index in [1.807, 2.05) is 29.3 Å². The molecule has 0 unspecified atom stereocenters. The summed E-state index contributed by atoms with van der Waals surface area (Å²) in [5, 5.41) is 13.2. The van der Waals surface area contributed by atoms with E-state index in [1.165, 1.54) is 0 Å². The summed E-state index contributed by atoms with van der Waals surface area (Å²) in [6, 6.07) is 2.28. The molecule has 0 saturated heterocycles. The SMILES string of the molecule is CCC(CC)n1cc(-c2nc(-c3cnn(CCOS(C)(=O)=O)c3)cn3nccc23)cn1. The van der Waals surface area contributed by atoms with E-state index in [0.717, 1.165) is 41.4 Å². The molecule has 4 aromatic heterocycles. The lowest BCUT2D eigenvalue weighted by Gasteiger charge is -2.12. The second-order valence-electron chi connectivity index (χ2n) is 7.33. The van der Waals surface area contributed by atoms with Crippen LogP contribution in [0.15, 0.2) is 43.2 Å². The zero-order valence-corrected chi connectivity index (χ0v) is 18.5. The number of aromatic nitrogens is 7. The predicted molar refractivity (Wildman–Crippen MR) is 116 cm³/mol. The maximum absolute atomic E-state index is 11.1. The van der Waals surface area contributed by atoms with Crippen LogP contribution in [0.5, 0.6) is 0 Å². The molecular weight excluding hydrogens is 418 g/mol. The Labute approximate surface area is 180 Å². The van der Waals surface area contributed by atoms with E-state index in [0.29, 0.717) is 18.3 Å². The van der Waals surface area contributed by atoms with Crippen molar-refractivity contribution in [1.29, 1.82) is 0 Å². The van der Waals surface area contributed by atoms with Crippen molar-refractivity contribution in [2.24, 2.45) is 0 Å². The van der Waals surface area contributed by atoms with Gasteiger partial charge in [-0.1, -0.05) is 13.8 Å². The van der Waals surface area contributed by atoms with Crippen LogP contribution in [0.1, 0.15) is 32.7 Å². The lowest BCUT2D eigenvalue weighted by Crippen LogP contribution is -2.10. The highest BCUT2D eigenvalue weighted by Gasteiger charge is 2.15. The maximum atomic E-state index is 11.1. The number of hydrogen-bond acceptors (Lipinski definition) is 7. The van der Waals surface area contributed by atoms with Crippen LogP contribution in [-0.2, 0) is 20.8 Å². The largest absolute Gasteiger partial charge is 0.270 e. The fourth-order valence-electron chi connectivity index (χ4n) is 3.50. The van der Waals surface area contributed by atoms with E-state index in [9.17, 15) is 8.42 Å². The van der Waals surface area contributed by atoms with Gasteiger partial charge in [0.2, 0.25) is 0 Å². The van der Waals surface area contributed by atoms with Crippen LogP contribution >= 0.6 is 0 Å². The smallest absolute Gasteiger partial charge is 0.264 e. The molecule has 0 amide bonds. The van der Waals surface area contributed by atoms with Crippen LogP contribution < -0.4 is 0 Å². The van der Waals surface area contributed by atoms with Crippen molar-refractivity contribution in [3.63, 3.8) is 0 Å². The van der Waals surface area contributed by atoms with Gasteiger partial charge < -0.3 is 0 Å². The van der Waals surface area contributed by atoms with Crippen LogP contribution in [0, 0.1) is 0 Å². The highest BCUT2D eigenvalue weighted by Crippen LogP contribution is 2.27. The Morgan fingerprint density at radius 2 is 1.81 bits per heavy atom. The second kappa shape index (κ2) is 8.60. The minimum atomic E-state index is -3.48. The van der Waals surface area contributed by atoms with Gasteiger partial charge in [-0.25, -0.2) is 9.50 Å². The summed E-state index contributed by atoms with van der Waals surface area (Å²) in [4.78, 5) is 4.88. The number of rotatable bonds is 9. The molecule has 0 spiro atoms. The molecule has 0 N–H and O–H groups in total. The highest BCUT2D eigenvalue weighted by molar-refractivity contribution is 7.85. The molecule has 0 atom stereocenters. The molecule has 0 aromatic carbocycles. The number of nitrogens with zero attached hydrogens (tertiary/aromatic N) is 7. The average Bonchev–Trinajstić information content (AvgIpc) is 3.48. The van der Waals surface area contributed by atoms with Gasteiger partial charge >= 0.3 is 0 Å². The molecule has 164 valence electrons. The Hall–Kier alpha value is -3.05. The normalized spacial score (nSPS) is 12.3. The van der Waals surface area contributed by atoms with Gasteiger partial charge in [0.1, 0.15) is 0 Å². The summed E-state index contributed by atoms with van der Waals surface area (Å²) in [6.07, 6.45) is 14.0. The fourth-order valence-corrected chi connectivity index (χ4v) is 3.88. The van der Waals surface area contributed by atoms with Gasteiger partial charge in [-0.15, -0.1) is 0 Å². The van der Waals surface area contributed by atoms with Crippen LogP contribution in [0.3, 0.4) is 0 Å². The van der Waals surface area contributed by atoms with Crippen LogP contribution in [0.4, 0.5) is 0 Å². The van der Waals surface area contributed by atoms with Gasteiger partial charge in [0.05, 0.1) is 67.1 Å². The summed E-state index contributed by atoms with van der Waals surface area (Å²) in [7, 11) is -3.48. The fraction of sp³-hybridized carbons (Fsp3) is 0.400. The van der Waals surface area contributed by atoms with Crippen LogP contribution in [0.25, 0.3) is 28.0 Å². The molecule has 0 aliphatic rings. The molecule has 0 aliphatic carbocycles. The third kappa shape index (κ3) is 4.67. The van der Waals surface area contributed by atoms with Gasteiger partial charge in [0.15, 0.2) is 0 Å². The first-order chi connectivity index (χ1) is 14.9. The molecule has 0 saturated carbocycles. The van der Waals surface area contributed by atoms with Crippen molar-refractivity contribution in [3.05, 3.63) is 43.2 Å². The van der Waals surface area contributed by atoms with Gasteiger partial charge in [-0.05, 0) is 18.9 Å². The molecule has 0 radical (unpaired) electrons. The van der Waals surface area contributed by atoms with E-state index in [2.05, 4.69) is 29.1 Å². The van der Waals surface area contributed by atoms with E-state index in [4.69, 9.17) is 9.17 Å². The van der Waals surface area contributed by atoms with Crippen LogP contribution in [-0.4, -0.2) is 55.4 Å².